The highest BCUT2D eigenvalue weighted by molar-refractivity contribution is 9.10. The Morgan fingerprint density at radius 1 is 1.38 bits per heavy atom. The van der Waals surface area contributed by atoms with Gasteiger partial charge in [0.25, 0.3) is 0 Å². The zero-order valence-corrected chi connectivity index (χ0v) is 10.4. The largest absolute Gasteiger partial charge is 0.496 e. The van der Waals surface area contributed by atoms with Crippen LogP contribution in [0.25, 0.3) is 0 Å². The summed E-state index contributed by atoms with van der Waals surface area (Å²) in [4.78, 5) is 10.8. The first kappa shape index (κ1) is 12.8. The predicted molar refractivity (Wildman–Crippen MR) is 61.8 cm³/mol. The highest BCUT2D eigenvalue weighted by Crippen LogP contribution is 2.35. The molecule has 6 heteroatoms. The molecule has 0 aliphatic heterocycles. The van der Waals surface area contributed by atoms with E-state index < -0.39 is 12.0 Å². The molecule has 0 saturated heterocycles. The van der Waals surface area contributed by atoms with Crippen molar-refractivity contribution in [2.24, 2.45) is 5.73 Å². The molecule has 0 aromatic heterocycles. The maximum atomic E-state index is 10.8. The third kappa shape index (κ3) is 2.45. The molecule has 0 fully saturated rings. The first-order valence-electron chi connectivity index (χ1n) is 4.41. The Morgan fingerprint density at radius 2 is 1.94 bits per heavy atom. The maximum Gasteiger partial charge on any atom is 0.325 e. The quantitative estimate of drug-likeness (QED) is 0.879. The lowest BCUT2D eigenvalue weighted by Gasteiger charge is -2.14. The molecule has 1 aromatic carbocycles. The zero-order valence-electron chi connectivity index (χ0n) is 8.86. The van der Waals surface area contributed by atoms with Crippen molar-refractivity contribution in [1.82, 2.24) is 0 Å². The molecule has 0 aliphatic rings. The second kappa shape index (κ2) is 5.18. The third-order valence-electron chi connectivity index (χ3n) is 2.11. The molecule has 16 heavy (non-hydrogen) atoms. The fourth-order valence-corrected chi connectivity index (χ4v) is 1.74. The number of carbonyl (C=O) groups is 1. The normalized spacial score (nSPS) is 12.0. The van der Waals surface area contributed by atoms with E-state index in [0.717, 1.165) is 0 Å². The van der Waals surface area contributed by atoms with E-state index in [9.17, 15) is 4.79 Å². The van der Waals surface area contributed by atoms with Crippen molar-refractivity contribution in [2.75, 3.05) is 14.2 Å². The van der Waals surface area contributed by atoms with Crippen molar-refractivity contribution in [2.45, 2.75) is 6.04 Å². The van der Waals surface area contributed by atoms with Crippen molar-refractivity contribution < 1.29 is 19.4 Å². The highest BCUT2D eigenvalue weighted by atomic mass is 79.9. The zero-order chi connectivity index (χ0) is 12.3. The molecule has 88 valence electrons. The van der Waals surface area contributed by atoms with Crippen molar-refractivity contribution in [1.29, 1.82) is 0 Å². The first-order chi connectivity index (χ1) is 7.51. The number of hydrogen-bond acceptors (Lipinski definition) is 4. The van der Waals surface area contributed by atoms with Crippen LogP contribution in [-0.2, 0) is 4.79 Å². The van der Waals surface area contributed by atoms with Gasteiger partial charge in [0, 0.05) is 5.56 Å². The summed E-state index contributed by atoms with van der Waals surface area (Å²) in [5, 5.41) is 8.86. The molecule has 0 amide bonds. The van der Waals surface area contributed by atoms with E-state index in [1.165, 1.54) is 14.2 Å². The molecular weight excluding hydrogens is 278 g/mol. The summed E-state index contributed by atoms with van der Waals surface area (Å²) in [7, 11) is 2.94. The lowest BCUT2D eigenvalue weighted by molar-refractivity contribution is -0.138. The Labute approximate surface area is 101 Å². The fourth-order valence-electron chi connectivity index (χ4n) is 1.26. The number of hydrogen-bond donors (Lipinski definition) is 2. The second-order valence-electron chi connectivity index (χ2n) is 3.04. The third-order valence-corrected chi connectivity index (χ3v) is 2.72. The van der Waals surface area contributed by atoms with Crippen molar-refractivity contribution in [3.05, 3.63) is 22.2 Å². The Bertz CT molecular complexity index is 408. The molecule has 0 bridgehead atoms. The fraction of sp³-hybridized carbons (Fsp3) is 0.300. The monoisotopic (exact) mass is 289 g/mol. The molecule has 3 N–H and O–H groups in total. The number of methoxy groups -OCH3 is 2. The van der Waals surface area contributed by atoms with Gasteiger partial charge < -0.3 is 20.3 Å². The average Bonchev–Trinajstić information content (AvgIpc) is 2.27. The van der Waals surface area contributed by atoms with Gasteiger partial charge in [0.1, 0.15) is 17.5 Å². The summed E-state index contributed by atoms with van der Waals surface area (Å²) in [6.45, 7) is 0. The molecule has 0 saturated carbocycles. The molecule has 1 unspecified atom stereocenters. The van der Waals surface area contributed by atoms with Crippen molar-refractivity contribution >= 4 is 21.9 Å². The van der Waals surface area contributed by atoms with Gasteiger partial charge in [-0.3, -0.25) is 4.79 Å². The van der Waals surface area contributed by atoms with Crippen molar-refractivity contribution in [3.8, 4) is 11.5 Å². The van der Waals surface area contributed by atoms with Gasteiger partial charge >= 0.3 is 5.97 Å². The van der Waals surface area contributed by atoms with Crippen LogP contribution in [0.2, 0.25) is 0 Å². The van der Waals surface area contributed by atoms with Gasteiger partial charge in [-0.05, 0) is 28.1 Å². The van der Waals surface area contributed by atoms with E-state index in [1.54, 1.807) is 12.1 Å². The highest BCUT2D eigenvalue weighted by Gasteiger charge is 2.21. The summed E-state index contributed by atoms with van der Waals surface area (Å²) >= 11 is 3.28. The molecule has 0 aliphatic carbocycles. The maximum absolute atomic E-state index is 10.8. The van der Waals surface area contributed by atoms with Crippen LogP contribution < -0.4 is 15.2 Å². The van der Waals surface area contributed by atoms with Gasteiger partial charge in [-0.15, -0.1) is 0 Å². The Hall–Kier alpha value is -1.27. The first-order valence-corrected chi connectivity index (χ1v) is 5.20. The van der Waals surface area contributed by atoms with Crippen molar-refractivity contribution in [3.63, 3.8) is 0 Å². The van der Waals surface area contributed by atoms with Crippen LogP contribution in [0.5, 0.6) is 11.5 Å². The van der Waals surface area contributed by atoms with Crippen LogP contribution >= 0.6 is 15.9 Å². The topological polar surface area (TPSA) is 81.8 Å². The summed E-state index contributed by atoms with van der Waals surface area (Å²) in [5.41, 5.74) is 5.91. The number of aliphatic carboxylic acids is 1. The van der Waals surface area contributed by atoms with Crippen LogP contribution in [-0.4, -0.2) is 25.3 Å². The number of nitrogens with two attached hydrogens (primary N) is 1. The van der Waals surface area contributed by atoms with E-state index in [4.69, 9.17) is 20.3 Å². The number of halogens is 1. The smallest absolute Gasteiger partial charge is 0.325 e. The van der Waals surface area contributed by atoms with Crippen LogP contribution in [0.15, 0.2) is 16.6 Å². The molecular formula is C10H12BrNO4. The van der Waals surface area contributed by atoms with E-state index in [1.807, 2.05) is 0 Å². The molecule has 1 rings (SSSR count). The number of carboxylic acids is 1. The van der Waals surface area contributed by atoms with Crippen LogP contribution in [0.3, 0.4) is 0 Å². The Balaban J connectivity index is 3.29. The van der Waals surface area contributed by atoms with Crippen LogP contribution in [0, 0.1) is 0 Å². The van der Waals surface area contributed by atoms with E-state index in [2.05, 4.69) is 15.9 Å². The minimum atomic E-state index is -1.14. The van der Waals surface area contributed by atoms with Gasteiger partial charge in [0.2, 0.25) is 0 Å². The standard InChI is InChI=1S/C10H12BrNO4/c1-15-7-4-6(11)8(16-2)3-5(7)9(12)10(13)14/h3-4,9H,12H2,1-2H3,(H,13,14). The molecule has 1 atom stereocenters. The molecule has 0 radical (unpaired) electrons. The van der Waals surface area contributed by atoms with Gasteiger partial charge in [0.05, 0.1) is 18.7 Å². The average molecular weight is 290 g/mol. The summed E-state index contributed by atoms with van der Waals surface area (Å²) in [6.07, 6.45) is 0. The summed E-state index contributed by atoms with van der Waals surface area (Å²) in [6, 6.07) is 2.02. The number of ether oxygens (including phenoxy) is 2. The predicted octanol–water partition coefficient (Wildman–Crippen LogP) is 1.55. The van der Waals surface area contributed by atoms with E-state index in [-0.39, 0.29) is 0 Å². The van der Waals surface area contributed by atoms with E-state index >= 15 is 0 Å². The number of carboxylic acid groups (broad SMARTS) is 1. The van der Waals surface area contributed by atoms with Gasteiger partial charge in [-0.25, -0.2) is 0 Å². The lowest BCUT2D eigenvalue weighted by atomic mass is 10.1. The molecule has 0 heterocycles. The van der Waals surface area contributed by atoms with Gasteiger partial charge in [-0.2, -0.15) is 0 Å². The van der Waals surface area contributed by atoms with E-state index in [0.29, 0.717) is 21.5 Å². The second-order valence-corrected chi connectivity index (χ2v) is 3.90. The summed E-state index contributed by atoms with van der Waals surface area (Å²) in [5.74, 6) is -0.210. The molecule has 1 aromatic rings. The minimum Gasteiger partial charge on any atom is -0.496 e. The van der Waals surface area contributed by atoms with Crippen LogP contribution in [0.1, 0.15) is 11.6 Å². The Kier molecular flexibility index (Phi) is 4.14. The number of rotatable bonds is 4. The summed E-state index contributed by atoms with van der Waals surface area (Å²) < 4.78 is 10.8. The van der Waals surface area contributed by atoms with Gasteiger partial charge in [-0.1, -0.05) is 0 Å². The molecule has 5 nitrogen and oxygen atoms in total. The Morgan fingerprint density at radius 3 is 2.38 bits per heavy atom. The number of benzene rings is 1. The lowest BCUT2D eigenvalue weighted by Crippen LogP contribution is -2.21. The SMILES string of the molecule is COc1cc(C(N)C(=O)O)c(OC)cc1Br. The molecule has 0 spiro atoms. The van der Waals surface area contributed by atoms with Crippen LogP contribution in [0.4, 0.5) is 0 Å². The minimum absolute atomic E-state index is 0.370. The van der Waals surface area contributed by atoms with Gasteiger partial charge in [0.15, 0.2) is 0 Å².